The summed E-state index contributed by atoms with van der Waals surface area (Å²) in [7, 11) is 0. The molecule has 0 aliphatic carbocycles. The van der Waals surface area contributed by atoms with E-state index in [9.17, 15) is 27.6 Å². The molecule has 2 aromatic carbocycles. The number of pyridine rings is 1. The second kappa shape index (κ2) is 10.0. The molecule has 0 spiro atoms. The van der Waals surface area contributed by atoms with Crippen molar-refractivity contribution in [1.82, 2.24) is 4.98 Å². The summed E-state index contributed by atoms with van der Waals surface area (Å²) in [6.45, 7) is 0.254. The number of ether oxygens (including phenoxy) is 1. The number of aliphatic carboxylic acids is 1. The van der Waals surface area contributed by atoms with Gasteiger partial charge in [0.25, 0.3) is 5.56 Å². The highest BCUT2D eigenvalue weighted by Gasteiger charge is 2.34. The van der Waals surface area contributed by atoms with E-state index in [4.69, 9.17) is 15.6 Å². The third-order valence-electron chi connectivity index (χ3n) is 6.15. The Morgan fingerprint density at radius 1 is 1.17 bits per heavy atom. The van der Waals surface area contributed by atoms with Crippen molar-refractivity contribution in [3.05, 3.63) is 64.4 Å². The van der Waals surface area contributed by atoms with E-state index in [1.807, 2.05) is 0 Å². The molecule has 4 rings (SSSR count). The van der Waals surface area contributed by atoms with Gasteiger partial charge in [0.05, 0.1) is 12.1 Å². The molecular formula is C25H24F3N3O5. The largest absolute Gasteiger partial charge is 0.480 e. The number of anilines is 1. The van der Waals surface area contributed by atoms with Crippen molar-refractivity contribution in [3.8, 4) is 11.3 Å². The summed E-state index contributed by atoms with van der Waals surface area (Å²) in [5.74, 6) is -1.06. The van der Waals surface area contributed by atoms with Gasteiger partial charge in [0, 0.05) is 22.3 Å². The van der Waals surface area contributed by atoms with Crippen molar-refractivity contribution < 1.29 is 32.6 Å². The lowest BCUT2D eigenvalue weighted by molar-refractivity contribution is -0.139. The number of halogens is 3. The quantitative estimate of drug-likeness (QED) is 0.389. The van der Waals surface area contributed by atoms with Crippen molar-refractivity contribution in [1.29, 1.82) is 0 Å². The third-order valence-corrected chi connectivity index (χ3v) is 6.15. The number of aromatic amines is 1. The zero-order valence-corrected chi connectivity index (χ0v) is 19.0. The van der Waals surface area contributed by atoms with E-state index in [2.05, 4.69) is 4.98 Å². The van der Waals surface area contributed by atoms with Crippen LogP contribution in [0.25, 0.3) is 22.0 Å². The molecule has 36 heavy (non-hydrogen) atoms. The van der Waals surface area contributed by atoms with Crippen LogP contribution in [0.3, 0.4) is 0 Å². The monoisotopic (exact) mass is 503 g/mol. The number of fused-ring (bicyclic) bond motifs is 1. The van der Waals surface area contributed by atoms with Crippen molar-refractivity contribution >= 4 is 28.5 Å². The normalized spacial score (nSPS) is 16.8. The molecule has 1 saturated heterocycles. The van der Waals surface area contributed by atoms with Crippen LogP contribution in [0.5, 0.6) is 0 Å². The molecule has 3 aromatic rings. The lowest BCUT2D eigenvalue weighted by Crippen LogP contribution is -2.29. The van der Waals surface area contributed by atoms with E-state index in [0.717, 1.165) is 6.07 Å². The fourth-order valence-electron chi connectivity index (χ4n) is 4.27. The highest BCUT2D eigenvalue weighted by Crippen LogP contribution is 2.37. The number of nitrogens with zero attached hydrogens (tertiary/aromatic N) is 1. The number of benzene rings is 2. The Balaban J connectivity index is 1.52. The Morgan fingerprint density at radius 3 is 2.64 bits per heavy atom. The predicted molar refractivity (Wildman–Crippen MR) is 127 cm³/mol. The van der Waals surface area contributed by atoms with E-state index in [0.29, 0.717) is 36.8 Å². The topological polar surface area (TPSA) is 126 Å². The number of rotatable bonds is 8. The summed E-state index contributed by atoms with van der Waals surface area (Å²) >= 11 is 0. The number of hydrogen-bond acceptors (Lipinski definition) is 5. The molecule has 190 valence electrons. The number of hydrogen-bond donors (Lipinski definition) is 3. The minimum Gasteiger partial charge on any atom is -0.480 e. The minimum atomic E-state index is -4.58. The van der Waals surface area contributed by atoms with Crippen LogP contribution in [0.15, 0.2) is 53.3 Å². The number of nitrogens with one attached hydrogen (secondary N) is 1. The van der Waals surface area contributed by atoms with Gasteiger partial charge in [0.1, 0.15) is 12.1 Å². The number of carboxylic acids is 1. The molecule has 2 heterocycles. The second-order valence-electron chi connectivity index (χ2n) is 8.67. The summed E-state index contributed by atoms with van der Waals surface area (Å²) in [5, 5.41) is 9.48. The maximum Gasteiger partial charge on any atom is 0.417 e. The predicted octanol–water partition coefficient (Wildman–Crippen LogP) is 4.51. The van der Waals surface area contributed by atoms with Crippen LogP contribution in [-0.2, 0) is 15.7 Å². The van der Waals surface area contributed by atoms with Crippen LogP contribution in [0.1, 0.15) is 31.2 Å². The summed E-state index contributed by atoms with van der Waals surface area (Å²) in [6, 6.07) is 10.2. The molecule has 1 aromatic heterocycles. The first-order valence-corrected chi connectivity index (χ1v) is 11.3. The highest BCUT2D eigenvalue weighted by molar-refractivity contribution is 5.94. The SMILES string of the molecule is N[C@@H](CCCCC1CN(c2ccc3cc(-c4ccccc4C(F)(F)F)[nH]c(=O)c3c2)C(=O)O1)C(=O)O. The van der Waals surface area contributed by atoms with Crippen molar-refractivity contribution in [2.45, 2.75) is 44.0 Å². The molecule has 0 radical (unpaired) electrons. The van der Waals surface area contributed by atoms with Gasteiger partial charge in [0.2, 0.25) is 0 Å². The molecule has 11 heteroatoms. The van der Waals surface area contributed by atoms with Gasteiger partial charge >= 0.3 is 18.2 Å². The second-order valence-corrected chi connectivity index (χ2v) is 8.67. The van der Waals surface area contributed by atoms with E-state index < -0.39 is 41.5 Å². The molecule has 1 amide bonds. The number of carbonyl (C=O) groups excluding carboxylic acids is 1. The molecule has 1 aliphatic heterocycles. The third kappa shape index (κ3) is 5.35. The van der Waals surface area contributed by atoms with Gasteiger partial charge in [-0.1, -0.05) is 30.7 Å². The summed E-state index contributed by atoms with van der Waals surface area (Å²) in [4.78, 5) is 39.9. The van der Waals surface area contributed by atoms with Crippen molar-refractivity contribution in [2.75, 3.05) is 11.4 Å². The van der Waals surface area contributed by atoms with Crippen LogP contribution in [-0.4, -0.2) is 40.8 Å². The summed E-state index contributed by atoms with van der Waals surface area (Å²) < 4.78 is 45.7. The number of carboxylic acid groups (broad SMARTS) is 1. The zero-order chi connectivity index (χ0) is 26.0. The Bertz CT molecular complexity index is 1350. The minimum absolute atomic E-state index is 0.0384. The van der Waals surface area contributed by atoms with Gasteiger partial charge in [-0.15, -0.1) is 0 Å². The number of nitrogens with two attached hydrogens (primary N) is 1. The fraction of sp³-hybridized carbons (Fsp3) is 0.320. The smallest absolute Gasteiger partial charge is 0.417 e. The fourth-order valence-corrected chi connectivity index (χ4v) is 4.27. The van der Waals surface area contributed by atoms with Gasteiger partial charge < -0.3 is 20.6 Å². The first-order valence-electron chi connectivity index (χ1n) is 11.3. The molecular weight excluding hydrogens is 479 g/mol. The van der Waals surface area contributed by atoms with Crippen LogP contribution in [0.2, 0.25) is 0 Å². The van der Waals surface area contributed by atoms with Crippen LogP contribution < -0.4 is 16.2 Å². The lowest BCUT2D eigenvalue weighted by atomic mass is 10.0. The standard InChI is InChI=1S/C25H24F3N3O5/c26-25(27,28)19-7-3-2-6-17(19)21-11-14-9-10-15(12-18(14)22(32)30-21)31-13-16(36-24(31)35)5-1-4-8-20(29)23(33)34/h2-3,6-7,9-12,16,20H,1,4-5,8,13,29H2,(H,30,32)(H,33,34)/t16?,20-/m0/s1. The van der Waals surface area contributed by atoms with Crippen LogP contribution >= 0.6 is 0 Å². The summed E-state index contributed by atoms with van der Waals surface area (Å²) in [6.07, 6.45) is -3.49. The molecule has 1 unspecified atom stereocenters. The number of unbranched alkanes of at least 4 members (excludes halogenated alkanes) is 1. The van der Waals surface area contributed by atoms with Gasteiger partial charge in [-0.05, 0) is 48.9 Å². The zero-order valence-electron chi connectivity index (χ0n) is 19.0. The van der Waals surface area contributed by atoms with Crippen molar-refractivity contribution in [3.63, 3.8) is 0 Å². The average molecular weight is 503 g/mol. The molecule has 1 fully saturated rings. The lowest BCUT2D eigenvalue weighted by Gasteiger charge is -2.15. The van der Waals surface area contributed by atoms with E-state index in [1.54, 1.807) is 12.1 Å². The highest BCUT2D eigenvalue weighted by atomic mass is 19.4. The first kappa shape index (κ1) is 25.2. The molecule has 1 aliphatic rings. The Hall–Kier alpha value is -3.86. The number of alkyl halides is 3. The molecule has 2 atom stereocenters. The molecule has 4 N–H and O–H groups in total. The number of cyclic esters (lactones) is 1. The average Bonchev–Trinajstić information content (AvgIpc) is 3.21. The van der Waals surface area contributed by atoms with Crippen LogP contribution in [0, 0.1) is 0 Å². The van der Waals surface area contributed by atoms with E-state index in [1.165, 1.54) is 35.2 Å². The summed E-state index contributed by atoms with van der Waals surface area (Å²) in [5.41, 5.74) is 4.38. The van der Waals surface area contributed by atoms with Gasteiger partial charge in [0.15, 0.2) is 0 Å². The number of aromatic nitrogens is 1. The number of carbonyl (C=O) groups is 2. The Kier molecular flexibility index (Phi) is 7.02. The van der Waals surface area contributed by atoms with Crippen LogP contribution in [0.4, 0.5) is 23.7 Å². The van der Waals surface area contributed by atoms with Crippen molar-refractivity contribution in [2.24, 2.45) is 5.73 Å². The maximum atomic E-state index is 13.4. The number of amides is 1. The van der Waals surface area contributed by atoms with Gasteiger partial charge in [-0.25, -0.2) is 4.79 Å². The van der Waals surface area contributed by atoms with Gasteiger partial charge in [-0.3, -0.25) is 14.5 Å². The molecule has 0 saturated carbocycles. The first-order chi connectivity index (χ1) is 17.0. The molecule has 8 nitrogen and oxygen atoms in total. The number of H-pyrrole nitrogens is 1. The van der Waals surface area contributed by atoms with Gasteiger partial charge in [-0.2, -0.15) is 13.2 Å². The Labute approximate surface area is 203 Å². The van der Waals surface area contributed by atoms with E-state index in [-0.39, 0.29) is 23.2 Å². The van der Waals surface area contributed by atoms with E-state index >= 15 is 0 Å². The molecule has 0 bridgehead atoms. The maximum absolute atomic E-state index is 13.4. The Morgan fingerprint density at radius 2 is 1.92 bits per heavy atom.